The average Bonchev–Trinajstić information content (AvgIpc) is 3.19. The number of thiophene rings is 2. The molecule has 5 nitrogen and oxygen atoms in total. The van der Waals surface area contributed by atoms with Crippen molar-refractivity contribution < 1.29 is 9.21 Å². The third-order valence-corrected chi connectivity index (χ3v) is 5.15. The highest BCUT2D eigenvalue weighted by atomic mass is 32.1. The van der Waals surface area contributed by atoms with E-state index in [0.29, 0.717) is 23.1 Å². The molecule has 3 aromatic rings. The second-order valence-electron chi connectivity index (χ2n) is 4.80. The van der Waals surface area contributed by atoms with E-state index in [4.69, 9.17) is 4.42 Å². The van der Waals surface area contributed by atoms with Gasteiger partial charge in [-0.25, -0.2) is 0 Å². The highest BCUT2D eigenvalue weighted by Gasteiger charge is 2.16. The lowest BCUT2D eigenvalue weighted by Crippen LogP contribution is -2.09. The van der Waals surface area contributed by atoms with Gasteiger partial charge in [0.05, 0.1) is 15.4 Å². The number of rotatable bonds is 4. The Labute approximate surface area is 136 Å². The summed E-state index contributed by atoms with van der Waals surface area (Å²) in [6.45, 7) is 5.91. The molecule has 0 fully saturated rings. The highest BCUT2D eigenvalue weighted by molar-refractivity contribution is 7.16. The molecular weight excluding hydrogens is 318 g/mol. The monoisotopic (exact) mass is 333 g/mol. The van der Waals surface area contributed by atoms with Crippen molar-refractivity contribution in [2.45, 2.75) is 27.2 Å². The summed E-state index contributed by atoms with van der Waals surface area (Å²) in [4.78, 5) is 15.9. The van der Waals surface area contributed by atoms with Crippen molar-refractivity contribution in [1.82, 2.24) is 10.2 Å². The molecule has 0 saturated heterocycles. The van der Waals surface area contributed by atoms with Gasteiger partial charge < -0.3 is 9.73 Å². The summed E-state index contributed by atoms with van der Waals surface area (Å²) in [6.07, 6.45) is 0.707. The Morgan fingerprint density at radius 3 is 2.73 bits per heavy atom. The summed E-state index contributed by atoms with van der Waals surface area (Å²) in [5, 5.41) is 10.9. The third kappa shape index (κ3) is 2.95. The lowest BCUT2D eigenvalue weighted by Gasteiger charge is -2.01. The summed E-state index contributed by atoms with van der Waals surface area (Å²) in [5.74, 6) is 1.02. The van der Waals surface area contributed by atoms with Crippen molar-refractivity contribution in [3.63, 3.8) is 0 Å². The molecule has 0 saturated carbocycles. The van der Waals surface area contributed by atoms with Gasteiger partial charge in [0, 0.05) is 16.2 Å². The minimum absolute atomic E-state index is 0.0923. The Kier molecular flexibility index (Phi) is 4.08. The standard InChI is InChI=1S/C15H15N3O2S2/c1-4-13-17-18-15(20-13)12-7-10(9(3)22-12)16-14(19)11-6-5-8(2)21-11/h5-7H,4H2,1-3H3,(H,16,19). The van der Waals surface area contributed by atoms with Crippen LogP contribution in [0.4, 0.5) is 5.69 Å². The van der Waals surface area contributed by atoms with E-state index < -0.39 is 0 Å². The van der Waals surface area contributed by atoms with E-state index >= 15 is 0 Å². The van der Waals surface area contributed by atoms with Crippen molar-refractivity contribution in [3.05, 3.63) is 38.7 Å². The molecular formula is C15H15N3O2S2. The van der Waals surface area contributed by atoms with Crippen molar-refractivity contribution in [1.29, 1.82) is 0 Å². The zero-order valence-corrected chi connectivity index (χ0v) is 14.1. The van der Waals surface area contributed by atoms with Crippen LogP contribution in [0.5, 0.6) is 0 Å². The van der Waals surface area contributed by atoms with Crippen LogP contribution in [-0.2, 0) is 6.42 Å². The molecule has 0 aliphatic carbocycles. The SMILES string of the molecule is CCc1nnc(-c2cc(NC(=O)c3ccc(C)s3)c(C)s2)o1. The lowest BCUT2D eigenvalue weighted by atomic mass is 10.3. The summed E-state index contributed by atoms with van der Waals surface area (Å²) < 4.78 is 5.56. The first-order chi connectivity index (χ1) is 10.6. The zero-order chi connectivity index (χ0) is 15.7. The molecule has 22 heavy (non-hydrogen) atoms. The van der Waals surface area contributed by atoms with E-state index in [9.17, 15) is 4.79 Å². The number of carbonyl (C=O) groups is 1. The third-order valence-electron chi connectivity index (χ3n) is 3.11. The molecule has 114 valence electrons. The van der Waals surface area contributed by atoms with Crippen LogP contribution in [0.2, 0.25) is 0 Å². The van der Waals surface area contributed by atoms with Crippen molar-refractivity contribution >= 4 is 34.3 Å². The molecule has 1 amide bonds. The molecule has 3 rings (SSSR count). The number of aromatic nitrogens is 2. The number of amides is 1. The van der Waals surface area contributed by atoms with Crippen LogP contribution in [0.25, 0.3) is 10.8 Å². The summed E-state index contributed by atoms with van der Waals surface area (Å²) in [7, 11) is 0. The van der Waals surface area contributed by atoms with E-state index in [2.05, 4.69) is 15.5 Å². The van der Waals surface area contributed by atoms with Gasteiger partial charge in [-0.05, 0) is 32.0 Å². The first kappa shape index (κ1) is 14.9. The topological polar surface area (TPSA) is 68.0 Å². The number of anilines is 1. The van der Waals surface area contributed by atoms with Crippen molar-refractivity contribution in [3.8, 4) is 10.8 Å². The first-order valence-electron chi connectivity index (χ1n) is 6.87. The van der Waals surface area contributed by atoms with Gasteiger partial charge >= 0.3 is 0 Å². The Balaban J connectivity index is 1.81. The van der Waals surface area contributed by atoms with Gasteiger partial charge in [-0.3, -0.25) is 4.79 Å². The predicted octanol–water partition coefficient (Wildman–Crippen LogP) is 4.29. The fourth-order valence-corrected chi connectivity index (χ4v) is 3.61. The number of nitrogens with zero attached hydrogens (tertiary/aromatic N) is 2. The number of carbonyl (C=O) groups excluding carboxylic acids is 1. The maximum Gasteiger partial charge on any atom is 0.265 e. The molecule has 7 heteroatoms. The van der Waals surface area contributed by atoms with E-state index in [1.165, 1.54) is 22.7 Å². The van der Waals surface area contributed by atoms with Crippen molar-refractivity contribution in [2.24, 2.45) is 0 Å². The Morgan fingerprint density at radius 1 is 1.27 bits per heavy atom. The Hall–Kier alpha value is -1.99. The van der Waals surface area contributed by atoms with E-state index in [0.717, 1.165) is 20.3 Å². The second-order valence-corrected chi connectivity index (χ2v) is 7.34. The molecule has 3 heterocycles. The van der Waals surface area contributed by atoms with Crippen molar-refractivity contribution in [2.75, 3.05) is 5.32 Å². The van der Waals surface area contributed by atoms with Crippen LogP contribution in [0.15, 0.2) is 22.6 Å². The van der Waals surface area contributed by atoms with Gasteiger partial charge in [0.1, 0.15) is 0 Å². The quantitative estimate of drug-likeness (QED) is 0.773. The van der Waals surface area contributed by atoms with Gasteiger partial charge in [0.2, 0.25) is 5.89 Å². The second kappa shape index (κ2) is 6.02. The number of aryl methyl sites for hydroxylation is 3. The van der Waals surface area contributed by atoms with Crippen LogP contribution >= 0.6 is 22.7 Å². The minimum atomic E-state index is -0.0923. The van der Waals surface area contributed by atoms with E-state index in [1.807, 2.05) is 39.0 Å². The van der Waals surface area contributed by atoms with Crippen LogP contribution in [0.1, 0.15) is 32.2 Å². The minimum Gasteiger partial charge on any atom is -0.420 e. The smallest absolute Gasteiger partial charge is 0.265 e. The molecule has 0 bridgehead atoms. The molecule has 0 aliphatic heterocycles. The average molecular weight is 333 g/mol. The van der Waals surface area contributed by atoms with Crippen LogP contribution in [0.3, 0.4) is 0 Å². The molecule has 3 aromatic heterocycles. The van der Waals surface area contributed by atoms with Gasteiger partial charge in [-0.2, -0.15) is 0 Å². The largest absolute Gasteiger partial charge is 0.420 e. The van der Waals surface area contributed by atoms with Gasteiger partial charge in [-0.1, -0.05) is 6.92 Å². The Bertz CT molecular complexity index is 816. The summed E-state index contributed by atoms with van der Waals surface area (Å²) in [6, 6.07) is 5.66. The fraction of sp³-hybridized carbons (Fsp3) is 0.267. The number of nitrogens with one attached hydrogen (secondary N) is 1. The van der Waals surface area contributed by atoms with Crippen LogP contribution in [0, 0.1) is 13.8 Å². The van der Waals surface area contributed by atoms with Gasteiger partial charge in [-0.15, -0.1) is 32.9 Å². The molecule has 0 aromatic carbocycles. The Morgan fingerprint density at radius 2 is 2.09 bits per heavy atom. The lowest BCUT2D eigenvalue weighted by molar-refractivity contribution is 0.103. The van der Waals surface area contributed by atoms with Gasteiger partial charge in [0.15, 0.2) is 0 Å². The predicted molar refractivity (Wildman–Crippen MR) is 88.7 cm³/mol. The maximum atomic E-state index is 12.2. The van der Waals surface area contributed by atoms with Crippen LogP contribution in [-0.4, -0.2) is 16.1 Å². The molecule has 0 unspecified atom stereocenters. The molecule has 0 spiro atoms. The van der Waals surface area contributed by atoms with Gasteiger partial charge in [0.25, 0.3) is 11.8 Å². The van der Waals surface area contributed by atoms with Crippen LogP contribution < -0.4 is 5.32 Å². The number of hydrogen-bond acceptors (Lipinski definition) is 6. The fourth-order valence-electron chi connectivity index (χ4n) is 1.95. The first-order valence-corrected chi connectivity index (χ1v) is 8.51. The molecule has 0 atom stereocenters. The molecule has 1 N–H and O–H groups in total. The van der Waals surface area contributed by atoms with E-state index in [-0.39, 0.29) is 5.91 Å². The highest BCUT2D eigenvalue weighted by Crippen LogP contribution is 2.34. The maximum absolute atomic E-state index is 12.2. The molecule has 0 radical (unpaired) electrons. The zero-order valence-electron chi connectivity index (χ0n) is 12.5. The van der Waals surface area contributed by atoms with E-state index in [1.54, 1.807) is 0 Å². The normalized spacial score (nSPS) is 10.9. The summed E-state index contributed by atoms with van der Waals surface area (Å²) >= 11 is 3.01. The summed E-state index contributed by atoms with van der Waals surface area (Å²) in [5.41, 5.74) is 0.785. The molecule has 0 aliphatic rings. The number of hydrogen-bond donors (Lipinski definition) is 1.